The molecule has 1 aliphatic rings. The van der Waals surface area contributed by atoms with Crippen LogP contribution in [0.5, 0.6) is 0 Å². The number of piperidine rings is 1. The molecule has 1 aliphatic heterocycles. The number of carbonyl (C=O) groups excluding carboxylic acids is 1. The van der Waals surface area contributed by atoms with Crippen molar-refractivity contribution in [3.63, 3.8) is 0 Å². The van der Waals surface area contributed by atoms with Crippen LogP contribution in [0, 0.1) is 6.92 Å². The van der Waals surface area contributed by atoms with Gasteiger partial charge in [0.2, 0.25) is 5.91 Å². The zero-order chi connectivity index (χ0) is 13.0. The zero-order valence-electron chi connectivity index (χ0n) is 11.7. The fourth-order valence-electron chi connectivity index (χ4n) is 2.45. The Morgan fingerprint density at radius 1 is 1.42 bits per heavy atom. The van der Waals surface area contributed by atoms with E-state index >= 15 is 0 Å². The number of rotatable bonds is 3. The highest BCUT2D eigenvalue weighted by Gasteiger charge is 2.33. The molecule has 1 amide bonds. The van der Waals surface area contributed by atoms with Crippen molar-refractivity contribution in [1.29, 1.82) is 0 Å². The first-order valence-electron chi connectivity index (χ1n) is 6.69. The number of hydrogen-bond donors (Lipinski definition) is 2. The molecule has 1 fully saturated rings. The first kappa shape index (κ1) is 16.0. The van der Waals surface area contributed by atoms with E-state index in [1.807, 2.05) is 19.1 Å². The van der Waals surface area contributed by atoms with Crippen molar-refractivity contribution in [3.05, 3.63) is 35.4 Å². The van der Waals surface area contributed by atoms with Crippen LogP contribution in [0.4, 0.5) is 0 Å². The Kier molecular flexibility index (Phi) is 5.83. The Hall–Kier alpha value is -1.06. The maximum absolute atomic E-state index is 12.2. The third-order valence-corrected chi connectivity index (χ3v) is 3.66. The van der Waals surface area contributed by atoms with Crippen LogP contribution in [0.25, 0.3) is 0 Å². The van der Waals surface area contributed by atoms with Crippen LogP contribution in [-0.2, 0) is 11.3 Å². The van der Waals surface area contributed by atoms with Gasteiger partial charge in [0.15, 0.2) is 0 Å². The second-order valence-corrected chi connectivity index (χ2v) is 5.39. The van der Waals surface area contributed by atoms with Gasteiger partial charge in [0.25, 0.3) is 0 Å². The molecule has 2 N–H and O–H groups in total. The maximum Gasteiger partial charge on any atom is 0.240 e. The van der Waals surface area contributed by atoms with E-state index in [0.29, 0.717) is 6.54 Å². The molecule has 0 aromatic heterocycles. The summed E-state index contributed by atoms with van der Waals surface area (Å²) in [6, 6.07) is 8.24. The highest BCUT2D eigenvalue weighted by atomic mass is 35.5. The molecule has 1 atom stereocenters. The van der Waals surface area contributed by atoms with Crippen LogP contribution >= 0.6 is 12.4 Å². The van der Waals surface area contributed by atoms with Crippen LogP contribution in [0.15, 0.2) is 24.3 Å². The monoisotopic (exact) mass is 282 g/mol. The molecule has 2 rings (SSSR count). The van der Waals surface area contributed by atoms with E-state index in [1.54, 1.807) is 0 Å². The summed E-state index contributed by atoms with van der Waals surface area (Å²) in [5.41, 5.74) is 1.99. The molecular formula is C15H23ClN2O. The van der Waals surface area contributed by atoms with E-state index in [9.17, 15) is 4.79 Å². The smallest absolute Gasteiger partial charge is 0.240 e. The van der Waals surface area contributed by atoms with Crippen molar-refractivity contribution < 1.29 is 4.79 Å². The SMILES string of the molecule is Cc1cccc(CNC(=O)C2(C)CCCCN2)c1.Cl. The lowest BCUT2D eigenvalue weighted by Crippen LogP contribution is -2.56. The number of nitrogens with one attached hydrogen (secondary N) is 2. The third-order valence-electron chi connectivity index (χ3n) is 3.66. The normalized spacial score (nSPS) is 22.4. The molecule has 1 unspecified atom stereocenters. The minimum absolute atomic E-state index is 0. The third kappa shape index (κ3) is 4.22. The van der Waals surface area contributed by atoms with Crippen molar-refractivity contribution in [1.82, 2.24) is 10.6 Å². The average molecular weight is 283 g/mol. The van der Waals surface area contributed by atoms with Crippen molar-refractivity contribution in [2.24, 2.45) is 0 Å². The summed E-state index contributed by atoms with van der Waals surface area (Å²) in [6.07, 6.45) is 3.22. The van der Waals surface area contributed by atoms with Crippen molar-refractivity contribution in [3.8, 4) is 0 Å². The standard InChI is InChI=1S/C15H22N2O.ClH/c1-12-6-5-7-13(10-12)11-16-14(18)15(2)8-3-4-9-17-15;/h5-7,10,17H,3-4,8-9,11H2,1-2H3,(H,16,18);1H. The summed E-state index contributed by atoms with van der Waals surface area (Å²) in [5.74, 6) is 0.115. The van der Waals surface area contributed by atoms with Crippen molar-refractivity contribution >= 4 is 18.3 Å². The molecular weight excluding hydrogens is 260 g/mol. The van der Waals surface area contributed by atoms with Gasteiger partial charge in [-0.05, 0) is 45.2 Å². The minimum atomic E-state index is -0.387. The highest BCUT2D eigenvalue weighted by molar-refractivity contribution is 5.86. The Morgan fingerprint density at radius 2 is 2.21 bits per heavy atom. The number of amides is 1. The number of hydrogen-bond acceptors (Lipinski definition) is 2. The summed E-state index contributed by atoms with van der Waals surface area (Å²) < 4.78 is 0. The molecule has 0 aliphatic carbocycles. The molecule has 0 saturated carbocycles. The van der Waals surface area contributed by atoms with Gasteiger partial charge in [0, 0.05) is 6.54 Å². The predicted molar refractivity (Wildman–Crippen MR) is 80.5 cm³/mol. The van der Waals surface area contributed by atoms with E-state index in [4.69, 9.17) is 0 Å². The molecule has 0 bridgehead atoms. The van der Waals surface area contributed by atoms with E-state index in [-0.39, 0.29) is 23.9 Å². The quantitative estimate of drug-likeness (QED) is 0.895. The average Bonchev–Trinajstić information content (AvgIpc) is 2.37. The summed E-state index contributed by atoms with van der Waals surface area (Å²) >= 11 is 0. The predicted octanol–water partition coefficient (Wildman–Crippen LogP) is 2.57. The lowest BCUT2D eigenvalue weighted by atomic mass is 9.90. The number of carbonyl (C=O) groups is 1. The van der Waals surface area contributed by atoms with Crippen molar-refractivity contribution in [2.75, 3.05) is 6.54 Å². The maximum atomic E-state index is 12.2. The van der Waals surface area contributed by atoms with Crippen LogP contribution in [-0.4, -0.2) is 18.0 Å². The van der Waals surface area contributed by atoms with Crippen LogP contribution < -0.4 is 10.6 Å². The van der Waals surface area contributed by atoms with Gasteiger partial charge in [-0.2, -0.15) is 0 Å². The highest BCUT2D eigenvalue weighted by Crippen LogP contribution is 2.18. The molecule has 4 heteroatoms. The van der Waals surface area contributed by atoms with Crippen LogP contribution in [0.3, 0.4) is 0 Å². The molecule has 1 aromatic rings. The first-order chi connectivity index (χ1) is 8.60. The van der Waals surface area contributed by atoms with Gasteiger partial charge in [-0.3, -0.25) is 4.79 Å². The molecule has 1 aromatic carbocycles. The van der Waals surface area contributed by atoms with Gasteiger partial charge >= 0.3 is 0 Å². The summed E-state index contributed by atoms with van der Waals surface area (Å²) in [4.78, 5) is 12.2. The molecule has 3 nitrogen and oxygen atoms in total. The van der Waals surface area contributed by atoms with Crippen LogP contribution in [0.1, 0.15) is 37.3 Å². The minimum Gasteiger partial charge on any atom is -0.350 e. The molecule has 1 heterocycles. The fraction of sp³-hybridized carbons (Fsp3) is 0.533. The summed E-state index contributed by atoms with van der Waals surface area (Å²) in [5, 5.41) is 6.37. The second kappa shape index (κ2) is 6.92. The number of benzene rings is 1. The van der Waals surface area contributed by atoms with Gasteiger partial charge in [-0.1, -0.05) is 29.8 Å². The van der Waals surface area contributed by atoms with Gasteiger partial charge < -0.3 is 10.6 Å². The van der Waals surface area contributed by atoms with E-state index in [1.165, 1.54) is 12.0 Å². The van der Waals surface area contributed by atoms with Gasteiger partial charge in [-0.15, -0.1) is 12.4 Å². The van der Waals surface area contributed by atoms with E-state index in [2.05, 4.69) is 29.7 Å². The fourth-order valence-corrected chi connectivity index (χ4v) is 2.45. The van der Waals surface area contributed by atoms with Gasteiger partial charge in [0.05, 0.1) is 5.54 Å². The topological polar surface area (TPSA) is 41.1 Å². The summed E-state index contributed by atoms with van der Waals surface area (Å²) in [6.45, 7) is 5.61. The van der Waals surface area contributed by atoms with Crippen molar-refractivity contribution in [2.45, 2.75) is 45.2 Å². The van der Waals surface area contributed by atoms with Gasteiger partial charge in [-0.25, -0.2) is 0 Å². The molecule has 106 valence electrons. The summed E-state index contributed by atoms with van der Waals surface area (Å²) in [7, 11) is 0. The first-order valence-corrected chi connectivity index (χ1v) is 6.69. The number of aryl methyl sites for hydroxylation is 1. The lowest BCUT2D eigenvalue weighted by molar-refractivity contribution is -0.128. The molecule has 0 spiro atoms. The largest absolute Gasteiger partial charge is 0.350 e. The number of halogens is 1. The molecule has 1 saturated heterocycles. The Labute approximate surface area is 121 Å². The zero-order valence-corrected chi connectivity index (χ0v) is 12.5. The molecule has 19 heavy (non-hydrogen) atoms. The lowest BCUT2D eigenvalue weighted by Gasteiger charge is -2.33. The van der Waals surface area contributed by atoms with Gasteiger partial charge in [0.1, 0.15) is 0 Å². The van der Waals surface area contributed by atoms with E-state index < -0.39 is 0 Å². The Bertz CT molecular complexity index is 428. The molecule has 0 radical (unpaired) electrons. The van der Waals surface area contributed by atoms with Crippen LogP contribution in [0.2, 0.25) is 0 Å². The Morgan fingerprint density at radius 3 is 2.84 bits per heavy atom. The second-order valence-electron chi connectivity index (χ2n) is 5.39. The van der Waals surface area contributed by atoms with E-state index in [0.717, 1.165) is 24.9 Å². The Balaban J connectivity index is 0.00000180.